The zero-order valence-electron chi connectivity index (χ0n) is 13.3. The molecule has 0 unspecified atom stereocenters. The molecule has 2 heterocycles. The number of thioether (sulfide) groups is 1. The van der Waals surface area contributed by atoms with E-state index in [0.29, 0.717) is 23.6 Å². The maximum absolute atomic E-state index is 13.0. The summed E-state index contributed by atoms with van der Waals surface area (Å²) in [5.41, 5.74) is 0.0576. The van der Waals surface area contributed by atoms with E-state index in [-0.39, 0.29) is 18.3 Å². The fraction of sp³-hybridized carbons (Fsp3) is 0.375. The molecule has 1 aromatic carbocycles. The normalized spacial score (nSPS) is 16.2. The van der Waals surface area contributed by atoms with Gasteiger partial charge in [0.2, 0.25) is 0 Å². The van der Waals surface area contributed by atoms with Crippen LogP contribution in [0.2, 0.25) is 5.02 Å². The highest BCUT2D eigenvalue weighted by Gasteiger charge is 2.42. The highest BCUT2D eigenvalue weighted by molar-refractivity contribution is 7.98. The highest BCUT2D eigenvalue weighted by atomic mass is 35.5. The van der Waals surface area contributed by atoms with Crippen LogP contribution in [0.5, 0.6) is 0 Å². The summed E-state index contributed by atoms with van der Waals surface area (Å²) in [6.45, 7) is 1.58. The zero-order chi connectivity index (χ0) is 16.3. The third-order valence-corrected chi connectivity index (χ3v) is 5.43. The predicted molar refractivity (Wildman–Crippen MR) is 101 cm³/mol. The number of nitrogens with zero attached hydrogens (tertiary/aromatic N) is 2. The van der Waals surface area contributed by atoms with E-state index in [1.807, 2.05) is 30.7 Å². The number of nitrogens with one attached hydrogen (secondary N) is 2. The van der Waals surface area contributed by atoms with Crippen molar-refractivity contribution in [2.45, 2.75) is 23.3 Å². The Labute approximate surface area is 156 Å². The van der Waals surface area contributed by atoms with Crippen molar-refractivity contribution in [3.05, 3.63) is 41.7 Å². The summed E-state index contributed by atoms with van der Waals surface area (Å²) < 4.78 is 1.78. The van der Waals surface area contributed by atoms with Gasteiger partial charge >= 0.3 is 0 Å². The summed E-state index contributed by atoms with van der Waals surface area (Å²) >= 11 is 7.81. The first-order valence-electron chi connectivity index (χ1n) is 7.51. The second-order valence-corrected chi connectivity index (χ2v) is 6.79. The summed E-state index contributed by atoms with van der Waals surface area (Å²) in [6, 6.07) is 7.45. The Hall–Kier alpha value is -1.21. The lowest BCUT2D eigenvalue weighted by Crippen LogP contribution is -2.52. The van der Waals surface area contributed by atoms with Crippen molar-refractivity contribution in [2.75, 3.05) is 24.7 Å². The maximum atomic E-state index is 13.0. The van der Waals surface area contributed by atoms with Crippen LogP contribution in [-0.4, -0.2) is 35.0 Å². The summed E-state index contributed by atoms with van der Waals surface area (Å²) in [6.07, 6.45) is 6.95. The summed E-state index contributed by atoms with van der Waals surface area (Å²) in [4.78, 5) is 14.0. The molecule has 1 aliphatic rings. The van der Waals surface area contributed by atoms with Crippen molar-refractivity contribution in [1.29, 1.82) is 0 Å². The Balaban J connectivity index is 0.00000208. The third kappa shape index (κ3) is 3.72. The molecule has 1 aromatic heterocycles. The number of carbonyl (C=O) groups is 1. The lowest BCUT2D eigenvalue weighted by atomic mass is 9.87. The maximum Gasteiger partial charge on any atom is 0.252 e. The molecule has 0 saturated carbocycles. The number of aromatic nitrogens is 2. The van der Waals surface area contributed by atoms with Crippen LogP contribution >= 0.6 is 35.8 Å². The molecule has 130 valence electrons. The monoisotopic (exact) mass is 386 g/mol. The number of carbonyl (C=O) groups excluding carboxylic acids is 1. The topological polar surface area (TPSA) is 59.0 Å². The van der Waals surface area contributed by atoms with Crippen LogP contribution in [0.15, 0.2) is 41.6 Å². The number of rotatable bonds is 4. The minimum absolute atomic E-state index is 0. The van der Waals surface area contributed by atoms with Gasteiger partial charge < -0.3 is 10.6 Å². The average Bonchev–Trinajstić information content (AvgIpc) is 3.10. The number of halogens is 2. The molecule has 0 radical (unpaired) electrons. The quantitative estimate of drug-likeness (QED) is 0.790. The highest BCUT2D eigenvalue weighted by Crippen LogP contribution is 2.31. The summed E-state index contributed by atoms with van der Waals surface area (Å²) in [5.74, 6) is -0.0457. The minimum atomic E-state index is -0.653. The molecule has 0 spiro atoms. The van der Waals surface area contributed by atoms with Gasteiger partial charge in [0, 0.05) is 23.0 Å². The fourth-order valence-corrected chi connectivity index (χ4v) is 3.78. The predicted octanol–water partition coefficient (Wildman–Crippen LogP) is 3.40. The SMILES string of the molecule is CSc1ccc(NC(=O)C2(n3cccn3)CCNCC2)cc1Cl.Cl. The molecule has 2 aromatic rings. The van der Waals surface area contributed by atoms with Crippen LogP contribution in [0.25, 0.3) is 0 Å². The smallest absolute Gasteiger partial charge is 0.252 e. The molecule has 0 bridgehead atoms. The van der Waals surface area contributed by atoms with Crippen LogP contribution in [0.3, 0.4) is 0 Å². The van der Waals surface area contributed by atoms with Crippen LogP contribution in [-0.2, 0) is 10.3 Å². The van der Waals surface area contributed by atoms with Gasteiger partial charge in [0.1, 0.15) is 5.54 Å². The van der Waals surface area contributed by atoms with Crippen molar-refractivity contribution in [3.63, 3.8) is 0 Å². The van der Waals surface area contributed by atoms with Crippen LogP contribution in [0, 0.1) is 0 Å². The van der Waals surface area contributed by atoms with Gasteiger partial charge in [-0.1, -0.05) is 11.6 Å². The molecular formula is C16H20Cl2N4OS. The molecule has 3 rings (SSSR count). The van der Waals surface area contributed by atoms with Gasteiger partial charge in [-0.3, -0.25) is 9.48 Å². The van der Waals surface area contributed by atoms with Crippen LogP contribution < -0.4 is 10.6 Å². The summed E-state index contributed by atoms with van der Waals surface area (Å²) in [7, 11) is 0. The Morgan fingerprint density at radius 2 is 2.17 bits per heavy atom. The largest absolute Gasteiger partial charge is 0.324 e. The zero-order valence-corrected chi connectivity index (χ0v) is 15.7. The number of amides is 1. The van der Waals surface area contributed by atoms with Gasteiger partial charge in [0.05, 0.1) is 5.02 Å². The Morgan fingerprint density at radius 1 is 1.42 bits per heavy atom. The van der Waals surface area contributed by atoms with E-state index in [2.05, 4.69) is 15.7 Å². The van der Waals surface area contributed by atoms with Gasteiger partial charge in [0.15, 0.2) is 0 Å². The van der Waals surface area contributed by atoms with E-state index in [9.17, 15) is 4.79 Å². The van der Waals surface area contributed by atoms with Gasteiger partial charge in [-0.25, -0.2) is 0 Å². The Morgan fingerprint density at radius 3 is 2.75 bits per heavy atom. The molecule has 0 atom stereocenters. The molecule has 1 saturated heterocycles. The van der Waals surface area contributed by atoms with Crippen LogP contribution in [0.4, 0.5) is 5.69 Å². The summed E-state index contributed by atoms with van der Waals surface area (Å²) in [5, 5.41) is 11.3. The minimum Gasteiger partial charge on any atom is -0.324 e. The molecule has 1 aliphatic heterocycles. The van der Waals surface area contributed by atoms with E-state index >= 15 is 0 Å². The molecule has 24 heavy (non-hydrogen) atoms. The van der Waals surface area contributed by atoms with E-state index in [0.717, 1.165) is 18.0 Å². The van der Waals surface area contributed by atoms with Gasteiger partial charge in [-0.05, 0) is 56.5 Å². The van der Waals surface area contributed by atoms with Crippen molar-refractivity contribution in [1.82, 2.24) is 15.1 Å². The molecule has 8 heteroatoms. The lowest BCUT2D eigenvalue weighted by molar-refractivity contribution is -0.126. The molecule has 1 amide bonds. The van der Waals surface area contributed by atoms with E-state index in [1.165, 1.54) is 0 Å². The molecule has 0 aliphatic carbocycles. The molecule has 1 fully saturated rings. The first-order valence-corrected chi connectivity index (χ1v) is 9.12. The van der Waals surface area contributed by atoms with E-state index in [4.69, 9.17) is 11.6 Å². The number of anilines is 1. The van der Waals surface area contributed by atoms with Crippen molar-refractivity contribution in [2.24, 2.45) is 0 Å². The first-order chi connectivity index (χ1) is 11.2. The number of piperidine rings is 1. The van der Waals surface area contributed by atoms with Gasteiger partial charge in [-0.15, -0.1) is 24.2 Å². The second kappa shape index (κ2) is 8.25. The van der Waals surface area contributed by atoms with Crippen LogP contribution in [0.1, 0.15) is 12.8 Å². The number of hydrogen-bond acceptors (Lipinski definition) is 4. The van der Waals surface area contributed by atoms with Gasteiger partial charge in [0.25, 0.3) is 5.91 Å². The molecule has 5 nitrogen and oxygen atoms in total. The average molecular weight is 387 g/mol. The van der Waals surface area contributed by atoms with E-state index in [1.54, 1.807) is 28.7 Å². The molecular weight excluding hydrogens is 367 g/mol. The number of benzene rings is 1. The Kier molecular flexibility index (Phi) is 6.57. The van der Waals surface area contributed by atoms with E-state index < -0.39 is 5.54 Å². The van der Waals surface area contributed by atoms with Crippen molar-refractivity contribution in [3.8, 4) is 0 Å². The Bertz CT molecular complexity index is 687. The second-order valence-electron chi connectivity index (χ2n) is 5.54. The van der Waals surface area contributed by atoms with Crippen molar-refractivity contribution >= 4 is 47.4 Å². The fourth-order valence-electron chi connectivity index (χ4n) is 2.91. The molecule has 2 N–H and O–H groups in total. The number of hydrogen-bond donors (Lipinski definition) is 2. The third-order valence-electron chi connectivity index (χ3n) is 4.21. The first kappa shape index (κ1) is 19.1. The van der Waals surface area contributed by atoms with Gasteiger partial charge in [-0.2, -0.15) is 5.10 Å². The lowest BCUT2D eigenvalue weighted by Gasteiger charge is -2.36. The standard InChI is InChI=1S/C16H19ClN4OS.ClH/c1-23-14-4-3-12(11-13(14)17)20-15(22)16(5-8-18-9-6-16)21-10-2-7-19-21;/h2-4,7,10-11,18H,5-6,8-9H2,1H3,(H,20,22);1H. The van der Waals surface area contributed by atoms with Crippen molar-refractivity contribution < 1.29 is 4.79 Å².